The van der Waals surface area contributed by atoms with Crippen LogP contribution >= 0.6 is 0 Å². The summed E-state index contributed by atoms with van der Waals surface area (Å²) in [7, 11) is 0. The first-order valence-electron chi connectivity index (χ1n) is 14.2. The Hall–Kier alpha value is -3.93. The zero-order valence-electron chi connectivity index (χ0n) is 23.2. The summed E-state index contributed by atoms with van der Waals surface area (Å²) in [6.07, 6.45) is 9.00. The predicted molar refractivity (Wildman–Crippen MR) is 157 cm³/mol. The van der Waals surface area contributed by atoms with E-state index in [2.05, 4.69) is 35.7 Å². The third-order valence-corrected chi connectivity index (χ3v) is 7.00. The zero-order valence-corrected chi connectivity index (χ0v) is 23.2. The fourth-order valence-electron chi connectivity index (χ4n) is 4.65. The van der Waals surface area contributed by atoms with Crippen molar-refractivity contribution in [2.24, 2.45) is 0 Å². The van der Waals surface area contributed by atoms with Crippen molar-refractivity contribution in [3.05, 3.63) is 71.3 Å². The van der Waals surface area contributed by atoms with Crippen LogP contribution in [0.4, 0.5) is 0 Å². The largest absolute Gasteiger partial charge is 0.507 e. The molecule has 4 rings (SSSR count). The fourth-order valence-corrected chi connectivity index (χ4v) is 4.65. The molecule has 0 saturated heterocycles. The molecule has 3 N–H and O–H groups in total. The third-order valence-electron chi connectivity index (χ3n) is 7.00. The summed E-state index contributed by atoms with van der Waals surface area (Å²) < 4.78 is 0. The number of hydrogen-bond donors (Lipinski definition) is 3. The van der Waals surface area contributed by atoms with Gasteiger partial charge in [0.2, 0.25) is 0 Å². The molecule has 4 aromatic rings. The predicted octanol–water partition coefficient (Wildman–Crippen LogP) is 8.02. The molecular formula is C33H39N3O3. The van der Waals surface area contributed by atoms with Crippen LogP contribution in [0.1, 0.15) is 76.0 Å². The number of phenols is 3. The first-order chi connectivity index (χ1) is 18.9. The molecule has 1 aromatic heterocycles. The minimum atomic E-state index is 0.0879. The van der Waals surface area contributed by atoms with E-state index in [9.17, 15) is 15.3 Å². The van der Waals surface area contributed by atoms with Gasteiger partial charge in [-0.05, 0) is 91.6 Å². The molecule has 0 radical (unpaired) electrons. The number of rotatable bonds is 12. The van der Waals surface area contributed by atoms with Gasteiger partial charge in [-0.1, -0.05) is 58.2 Å². The third kappa shape index (κ3) is 6.94. The Morgan fingerprint density at radius 3 is 0.974 bits per heavy atom. The van der Waals surface area contributed by atoms with Gasteiger partial charge in [0.1, 0.15) is 17.2 Å². The van der Waals surface area contributed by atoms with E-state index in [1.165, 1.54) is 0 Å². The van der Waals surface area contributed by atoms with Crippen LogP contribution < -0.4 is 0 Å². The normalized spacial score (nSPS) is 11.2. The van der Waals surface area contributed by atoms with Crippen LogP contribution in [0.5, 0.6) is 17.2 Å². The second-order valence-electron chi connectivity index (χ2n) is 10.2. The van der Waals surface area contributed by atoms with E-state index in [-0.39, 0.29) is 34.7 Å². The molecule has 3 aromatic carbocycles. The number of nitrogens with zero attached hydrogens (tertiary/aromatic N) is 3. The lowest BCUT2D eigenvalue weighted by Gasteiger charge is -2.13. The number of hydrogen-bond acceptors (Lipinski definition) is 6. The van der Waals surface area contributed by atoms with Crippen LogP contribution in [-0.4, -0.2) is 30.3 Å². The number of aromatic nitrogens is 3. The first kappa shape index (κ1) is 28.1. The minimum absolute atomic E-state index is 0.0879. The van der Waals surface area contributed by atoms with Crippen molar-refractivity contribution in [2.45, 2.75) is 78.6 Å². The lowest BCUT2D eigenvalue weighted by Crippen LogP contribution is -2.01. The molecule has 0 aliphatic heterocycles. The Balaban J connectivity index is 1.82. The highest BCUT2D eigenvalue weighted by atomic mass is 16.3. The standard InChI is InChI=1S/C33H39N3O3/c1-4-7-10-22-13-16-25(28(37)19-22)31-34-32(26-17-14-23(11-8-5-2)20-29(26)38)36-33(35-31)27-18-15-24(12-9-6-3)21-30(27)39/h13-21,37-39H,4-12H2,1-3H3. The van der Waals surface area contributed by atoms with E-state index in [0.29, 0.717) is 16.7 Å². The molecule has 0 atom stereocenters. The van der Waals surface area contributed by atoms with Crippen LogP contribution in [0.25, 0.3) is 34.2 Å². The summed E-state index contributed by atoms with van der Waals surface area (Å²) >= 11 is 0. The van der Waals surface area contributed by atoms with Crippen LogP contribution in [0.3, 0.4) is 0 Å². The van der Waals surface area contributed by atoms with Gasteiger partial charge in [0.05, 0.1) is 16.7 Å². The van der Waals surface area contributed by atoms with E-state index in [4.69, 9.17) is 0 Å². The molecule has 0 spiro atoms. The van der Waals surface area contributed by atoms with Gasteiger partial charge in [0.15, 0.2) is 17.5 Å². The van der Waals surface area contributed by atoms with Gasteiger partial charge in [0.25, 0.3) is 0 Å². The number of aromatic hydroxyl groups is 3. The molecular weight excluding hydrogens is 486 g/mol. The highest BCUT2D eigenvalue weighted by Gasteiger charge is 2.19. The summed E-state index contributed by atoms with van der Waals surface area (Å²) in [5.74, 6) is 1.09. The van der Waals surface area contributed by atoms with Gasteiger partial charge in [-0.3, -0.25) is 0 Å². The fraction of sp³-hybridized carbons (Fsp3) is 0.364. The average Bonchev–Trinajstić information content (AvgIpc) is 2.93. The van der Waals surface area contributed by atoms with Crippen LogP contribution in [0.15, 0.2) is 54.6 Å². The molecule has 39 heavy (non-hydrogen) atoms. The highest BCUT2D eigenvalue weighted by molar-refractivity contribution is 5.74. The first-order valence-corrected chi connectivity index (χ1v) is 14.2. The van der Waals surface area contributed by atoms with Gasteiger partial charge in [0, 0.05) is 0 Å². The molecule has 6 nitrogen and oxygen atoms in total. The maximum absolute atomic E-state index is 10.9. The summed E-state index contributed by atoms with van der Waals surface area (Å²) in [5, 5.41) is 32.7. The van der Waals surface area contributed by atoms with Gasteiger partial charge < -0.3 is 15.3 Å². The molecule has 0 bridgehead atoms. The maximum atomic E-state index is 10.9. The highest BCUT2D eigenvalue weighted by Crippen LogP contribution is 2.36. The Morgan fingerprint density at radius 2 is 0.744 bits per heavy atom. The topological polar surface area (TPSA) is 99.4 Å². The van der Waals surface area contributed by atoms with Crippen molar-refractivity contribution < 1.29 is 15.3 Å². The van der Waals surface area contributed by atoms with Gasteiger partial charge >= 0.3 is 0 Å². The Kier molecular flexibility index (Phi) is 9.53. The van der Waals surface area contributed by atoms with Crippen molar-refractivity contribution in [1.82, 2.24) is 15.0 Å². The van der Waals surface area contributed by atoms with Gasteiger partial charge in [-0.25, -0.2) is 15.0 Å². The van der Waals surface area contributed by atoms with Crippen molar-refractivity contribution in [2.75, 3.05) is 0 Å². The second-order valence-corrected chi connectivity index (χ2v) is 10.2. The van der Waals surface area contributed by atoms with Crippen molar-refractivity contribution in [1.29, 1.82) is 0 Å². The quantitative estimate of drug-likeness (QED) is 0.173. The minimum Gasteiger partial charge on any atom is -0.507 e. The van der Waals surface area contributed by atoms with E-state index >= 15 is 0 Å². The lowest BCUT2D eigenvalue weighted by atomic mass is 10.0. The molecule has 0 unspecified atom stereocenters. The van der Waals surface area contributed by atoms with E-state index in [1.807, 2.05) is 36.4 Å². The van der Waals surface area contributed by atoms with Gasteiger partial charge in [-0.15, -0.1) is 0 Å². The Labute approximate surface area is 231 Å². The molecule has 0 aliphatic rings. The van der Waals surface area contributed by atoms with Gasteiger partial charge in [-0.2, -0.15) is 0 Å². The van der Waals surface area contributed by atoms with E-state index < -0.39 is 0 Å². The number of unbranched alkanes of at least 4 members (excludes halogenated alkanes) is 3. The second kappa shape index (κ2) is 13.2. The maximum Gasteiger partial charge on any atom is 0.167 e. The number of aryl methyl sites for hydroxylation is 3. The smallest absolute Gasteiger partial charge is 0.167 e. The Bertz CT molecular complexity index is 1240. The van der Waals surface area contributed by atoms with Crippen LogP contribution in [0, 0.1) is 0 Å². The van der Waals surface area contributed by atoms with E-state index in [1.54, 1.807) is 18.2 Å². The molecule has 0 aliphatic carbocycles. The van der Waals surface area contributed by atoms with Crippen molar-refractivity contribution in [3.8, 4) is 51.4 Å². The molecule has 0 saturated carbocycles. The summed E-state index contributed by atoms with van der Waals surface area (Å²) in [4.78, 5) is 14.0. The monoisotopic (exact) mass is 525 g/mol. The molecule has 204 valence electrons. The number of benzene rings is 3. The average molecular weight is 526 g/mol. The van der Waals surface area contributed by atoms with Crippen molar-refractivity contribution >= 4 is 0 Å². The molecule has 0 amide bonds. The lowest BCUT2D eigenvalue weighted by molar-refractivity contribution is 0.476. The summed E-state index contributed by atoms with van der Waals surface area (Å²) in [5.41, 5.74) is 4.56. The van der Waals surface area contributed by atoms with Crippen LogP contribution in [0.2, 0.25) is 0 Å². The number of phenolic OH excluding ortho intramolecular Hbond substituents is 3. The molecule has 0 fully saturated rings. The molecule has 6 heteroatoms. The summed E-state index contributed by atoms with van der Waals surface area (Å²) in [6, 6.07) is 16.7. The van der Waals surface area contributed by atoms with E-state index in [0.717, 1.165) is 74.5 Å². The SMILES string of the molecule is CCCCc1ccc(-c2nc(-c3ccc(CCCC)cc3O)nc(-c3ccc(CCCC)cc3O)n2)c(O)c1. The van der Waals surface area contributed by atoms with Crippen molar-refractivity contribution in [3.63, 3.8) is 0 Å². The zero-order chi connectivity index (χ0) is 27.8. The Morgan fingerprint density at radius 1 is 0.462 bits per heavy atom. The summed E-state index contributed by atoms with van der Waals surface area (Å²) in [6.45, 7) is 6.42. The van der Waals surface area contributed by atoms with Crippen LogP contribution in [-0.2, 0) is 19.3 Å². The molecule has 1 heterocycles.